The second-order valence-corrected chi connectivity index (χ2v) is 5.96. The maximum absolute atomic E-state index is 8.85. The first-order chi connectivity index (χ1) is 14.2. The summed E-state index contributed by atoms with van der Waals surface area (Å²) in [6.45, 7) is 17.1. The van der Waals surface area contributed by atoms with Crippen LogP contribution < -0.4 is 0 Å². The van der Waals surface area contributed by atoms with Crippen molar-refractivity contribution in [3.63, 3.8) is 0 Å². The van der Waals surface area contributed by atoms with E-state index < -0.39 is 0 Å². The number of aliphatic hydroxyl groups excluding tert-OH is 1. The number of rotatable bonds is 5. The van der Waals surface area contributed by atoms with Gasteiger partial charge in [-0.05, 0) is 6.42 Å². The van der Waals surface area contributed by atoms with Gasteiger partial charge in [-0.3, -0.25) is 0 Å². The smallest absolute Gasteiger partial charge is 0.113 e. The third kappa shape index (κ3) is 6.87. The first kappa shape index (κ1) is 27.2. The van der Waals surface area contributed by atoms with Gasteiger partial charge in [0.25, 0.3) is 0 Å². The predicted molar refractivity (Wildman–Crippen MR) is 114 cm³/mol. The first-order valence-corrected chi connectivity index (χ1v) is 10.7. The van der Waals surface area contributed by atoms with Crippen LogP contribution >= 0.6 is 0 Å². The van der Waals surface area contributed by atoms with Crippen LogP contribution in [0.1, 0.15) is 61.3 Å². The predicted octanol–water partition coefficient (Wildman–Crippen LogP) is 2.88. The summed E-state index contributed by atoms with van der Waals surface area (Å²) in [5.74, 6) is 0. The topological polar surface area (TPSA) is 100 Å². The van der Waals surface area contributed by atoms with Gasteiger partial charge in [0.1, 0.15) is 11.1 Å². The number of nitrogens with zero attached hydrogens (tertiary/aromatic N) is 6. The molecule has 0 saturated carbocycles. The summed E-state index contributed by atoms with van der Waals surface area (Å²) in [7, 11) is 0. The lowest BCUT2D eigenvalue weighted by atomic mass is 9.94. The van der Waals surface area contributed by atoms with Crippen LogP contribution in [0.25, 0.3) is 0 Å². The molecule has 0 amide bonds. The van der Waals surface area contributed by atoms with Gasteiger partial charge in [-0.15, -0.1) is 10.2 Å². The Labute approximate surface area is 175 Å². The molecule has 1 N–H and O–H groups in total. The molecule has 0 spiro atoms. The Kier molecular flexibility index (Phi) is 14.1. The summed E-state index contributed by atoms with van der Waals surface area (Å²) in [5.41, 5.74) is -0.0260. The molecular formula is C20H40N6O3. The Balaban J connectivity index is 0.000000432. The van der Waals surface area contributed by atoms with Crippen molar-refractivity contribution in [3.8, 4) is 0 Å². The molecule has 0 atom stereocenters. The van der Waals surface area contributed by atoms with Crippen LogP contribution in [-0.2, 0) is 20.6 Å². The van der Waals surface area contributed by atoms with E-state index in [-0.39, 0.29) is 17.7 Å². The van der Waals surface area contributed by atoms with E-state index in [9.17, 15) is 0 Å². The van der Waals surface area contributed by atoms with Gasteiger partial charge in [0.15, 0.2) is 0 Å². The zero-order valence-electron chi connectivity index (χ0n) is 19.2. The standard InChI is InChI=1S/C7H11N3O2.C7H11N3O.3C2H6/c11-4-1-7(5-12-6-7)10-3-2-8-9-10;1-2-7(5-11-6-7)10-4-3-8-9-10;3*1-2/h2-3,11H,1,4-6H2;3-4H,2,5-6H2,1H3;3*1-2H3. The zero-order valence-corrected chi connectivity index (χ0v) is 19.2. The van der Waals surface area contributed by atoms with Crippen LogP contribution in [0.4, 0.5) is 0 Å². The van der Waals surface area contributed by atoms with Crippen LogP contribution in [0.5, 0.6) is 0 Å². The zero-order chi connectivity index (χ0) is 22.2. The Hall–Kier alpha value is -1.84. The quantitative estimate of drug-likeness (QED) is 0.806. The molecule has 2 fully saturated rings. The molecule has 4 heterocycles. The van der Waals surface area contributed by atoms with Crippen LogP contribution in [-0.4, -0.2) is 68.1 Å². The molecule has 0 aliphatic carbocycles. The van der Waals surface area contributed by atoms with E-state index in [4.69, 9.17) is 14.6 Å². The van der Waals surface area contributed by atoms with Crippen LogP contribution in [0.3, 0.4) is 0 Å². The van der Waals surface area contributed by atoms with Crippen molar-refractivity contribution >= 4 is 0 Å². The average molecular weight is 413 g/mol. The van der Waals surface area contributed by atoms with E-state index in [1.165, 1.54) is 0 Å². The Bertz CT molecular complexity index is 576. The molecular weight excluding hydrogens is 372 g/mol. The third-order valence-electron chi connectivity index (χ3n) is 4.54. The molecule has 4 rings (SSSR count). The molecule has 0 aromatic carbocycles. The molecule has 2 aromatic rings. The lowest BCUT2D eigenvalue weighted by Gasteiger charge is -2.40. The van der Waals surface area contributed by atoms with E-state index in [0.29, 0.717) is 19.6 Å². The van der Waals surface area contributed by atoms with Crippen molar-refractivity contribution < 1.29 is 14.6 Å². The highest BCUT2D eigenvalue weighted by Gasteiger charge is 2.41. The Morgan fingerprint density at radius 1 is 0.793 bits per heavy atom. The van der Waals surface area contributed by atoms with Gasteiger partial charge >= 0.3 is 0 Å². The summed E-state index contributed by atoms with van der Waals surface area (Å²) < 4.78 is 13.9. The molecule has 168 valence electrons. The summed E-state index contributed by atoms with van der Waals surface area (Å²) in [4.78, 5) is 0. The maximum Gasteiger partial charge on any atom is 0.113 e. The highest BCUT2D eigenvalue weighted by Crippen LogP contribution is 2.29. The molecule has 2 saturated heterocycles. The van der Waals surface area contributed by atoms with Gasteiger partial charge in [0.05, 0.1) is 38.8 Å². The van der Waals surface area contributed by atoms with Gasteiger partial charge in [0.2, 0.25) is 0 Å². The van der Waals surface area contributed by atoms with Gasteiger partial charge in [0, 0.05) is 25.4 Å². The van der Waals surface area contributed by atoms with E-state index in [1.807, 2.05) is 52.4 Å². The van der Waals surface area contributed by atoms with Crippen LogP contribution in [0.2, 0.25) is 0 Å². The maximum atomic E-state index is 8.85. The van der Waals surface area contributed by atoms with Crippen molar-refractivity contribution in [1.82, 2.24) is 30.0 Å². The van der Waals surface area contributed by atoms with Gasteiger partial charge < -0.3 is 14.6 Å². The first-order valence-electron chi connectivity index (χ1n) is 10.7. The van der Waals surface area contributed by atoms with Crippen molar-refractivity contribution in [2.45, 2.75) is 72.4 Å². The normalized spacial score (nSPS) is 17.1. The number of hydrogen-bond donors (Lipinski definition) is 1. The molecule has 2 aliphatic heterocycles. The van der Waals surface area contributed by atoms with Crippen molar-refractivity contribution in [2.24, 2.45) is 0 Å². The van der Waals surface area contributed by atoms with Crippen LogP contribution in [0.15, 0.2) is 24.8 Å². The molecule has 2 aromatic heterocycles. The van der Waals surface area contributed by atoms with E-state index in [1.54, 1.807) is 23.3 Å². The Morgan fingerprint density at radius 2 is 1.21 bits per heavy atom. The van der Waals surface area contributed by atoms with Crippen molar-refractivity contribution in [2.75, 3.05) is 33.0 Å². The lowest BCUT2D eigenvalue weighted by Crippen LogP contribution is -2.52. The highest BCUT2D eigenvalue weighted by atomic mass is 16.5. The molecule has 29 heavy (non-hydrogen) atoms. The van der Waals surface area contributed by atoms with Gasteiger partial charge in [-0.2, -0.15) is 0 Å². The second kappa shape index (κ2) is 15.1. The van der Waals surface area contributed by atoms with E-state index >= 15 is 0 Å². The monoisotopic (exact) mass is 412 g/mol. The number of ether oxygens (including phenoxy) is 2. The molecule has 2 aliphatic rings. The van der Waals surface area contributed by atoms with Crippen LogP contribution in [0, 0.1) is 0 Å². The number of aliphatic hydroxyl groups is 1. The minimum absolute atomic E-state index is 0.108. The number of hydrogen-bond acceptors (Lipinski definition) is 7. The van der Waals surface area contributed by atoms with E-state index in [0.717, 1.165) is 19.6 Å². The molecule has 0 radical (unpaired) electrons. The fourth-order valence-corrected chi connectivity index (χ4v) is 2.70. The van der Waals surface area contributed by atoms with Gasteiger partial charge in [-0.1, -0.05) is 58.9 Å². The minimum Gasteiger partial charge on any atom is -0.396 e. The highest BCUT2D eigenvalue weighted by molar-refractivity contribution is 4.92. The second-order valence-electron chi connectivity index (χ2n) is 5.96. The third-order valence-corrected chi connectivity index (χ3v) is 4.54. The number of aromatic nitrogens is 6. The summed E-state index contributed by atoms with van der Waals surface area (Å²) in [6, 6.07) is 0. The van der Waals surface area contributed by atoms with Crippen molar-refractivity contribution in [1.29, 1.82) is 0 Å². The fraction of sp³-hybridized carbons (Fsp3) is 0.800. The summed E-state index contributed by atoms with van der Waals surface area (Å²) in [5, 5.41) is 24.2. The molecule has 0 unspecified atom stereocenters. The van der Waals surface area contributed by atoms with Crippen molar-refractivity contribution in [3.05, 3.63) is 24.8 Å². The average Bonchev–Trinajstić information content (AvgIpc) is 3.45. The summed E-state index contributed by atoms with van der Waals surface area (Å²) in [6.07, 6.45) is 8.77. The van der Waals surface area contributed by atoms with E-state index in [2.05, 4.69) is 27.5 Å². The van der Waals surface area contributed by atoms with Gasteiger partial charge in [-0.25, -0.2) is 9.36 Å². The largest absolute Gasteiger partial charge is 0.396 e. The SMILES string of the molecule is CC.CC.CC.CCC1(n2ccnn2)COC1.OCCC1(n2ccnn2)COC1. The minimum atomic E-state index is -0.134. The molecule has 0 bridgehead atoms. The fourth-order valence-electron chi connectivity index (χ4n) is 2.70. The lowest BCUT2D eigenvalue weighted by molar-refractivity contribution is -0.117. The Morgan fingerprint density at radius 3 is 1.45 bits per heavy atom. The summed E-state index contributed by atoms with van der Waals surface area (Å²) >= 11 is 0. The molecule has 9 heteroatoms. The molecule has 9 nitrogen and oxygen atoms in total.